The zero-order valence-corrected chi connectivity index (χ0v) is 13.7. The molecule has 23 heavy (non-hydrogen) atoms. The van der Waals surface area contributed by atoms with Gasteiger partial charge in [0.25, 0.3) is 5.91 Å². The van der Waals surface area contributed by atoms with Gasteiger partial charge in [-0.1, -0.05) is 24.6 Å². The van der Waals surface area contributed by atoms with Crippen LogP contribution in [0.4, 0.5) is 11.4 Å². The molecule has 2 aromatic rings. The average Bonchev–Trinajstić information content (AvgIpc) is 2.56. The molecule has 0 bridgehead atoms. The zero-order valence-electron chi connectivity index (χ0n) is 13.7. The summed E-state index contributed by atoms with van der Waals surface area (Å²) in [6, 6.07) is 11.9. The number of hydrogen-bond donors (Lipinski definition) is 1. The third kappa shape index (κ3) is 3.89. The summed E-state index contributed by atoms with van der Waals surface area (Å²) in [7, 11) is 0. The topological polar surface area (TPSA) is 45.2 Å². The lowest BCUT2D eigenvalue weighted by Gasteiger charge is -2.30. The van der Waals surface area contributed by atoms with Crippen molar-refractivity contribution in [2.75, 3.05) is 18.4 Å². The zero-order chi connectivity index (χ0) is 16.2. The molecule has 1 aromatic heterocycles. The third-order valence-electron chi connectivity index (χ3n) is 4.26. The minimum Gasteiger partial charge on any atom is -0.355 e. The molecule has 1 aliphatic heterocycles. The standard InChI is InChI=1S/C19H23N3O/c1-14-5-7-16(8-6-14)21-17-9-10-20-18(12-17)19(23)22-11-3-4-15(2)13-22/h5-10,12,15H,3-4,11,13H2,1-2H3,(H,20,21). The number of pyridine rings is 1. The Kier molecular flexibility index (Phi) is 4.60. The van der Waals surface area contributed by atoms with Crippen molar-refractivity contribution in [3.63, 3.8) is 0 Å². The van der Waals surface area contributed by atoms with Gasteiger partial charge in [0.1, 0.15) is 5.69 Å². The first-order chi connectivity index (χ1) is 11.1. The number of carbonyl (C=O) groups excluding carboxylic acids is 1. The normalized spacial score (nSPS) is 17.8. The highest BCUT2D eigenvalue weighted by molar-refractivity contribution is 5.93. The summed E-state index contributed by atoms with van der Waals surface area (Å²) >= 11 is 0. The number of amides is 1. The van der Waals surface area contributed by atoms with Crippen molar-refractivity contribution in [1.82, 2.24) is 9.88 Å². The van der Waals surface area contributed by atoms with E-state index in [4.69, 9.17) is 0 Å². The number of nitrogens with one attached hydrogen (secondary N) is 1. The van der Waals surface area contributed by atoms with Gasteiger partial charge in [0.15, 0.2) is 0 Å². The van der Waals surface area contributed by atoms with Crippen molar-refractivity contribution < 1.29 is 4.79 Å². The molecule has 0 radical (unpaired) electrons. The number of likely N-dealkylation sites (tertiary alicyclic amines) is 1. The monoisotopic (exact) mass is 309 g/mol. The molecule has 1 unspecified atom stereocenters. The Morgan fingerprint density at radius 3 is 2.74 bits per heavy atom. The molecule has 1 fully saturated rings. The second kappa shape index (κ2) is 6.82. The maximum Gasteiger partial charge on any atom is 0.272 e. The average molecular weight is 309 g/mol. The molecular weight excluding hydrogens is 286 g/mol. The summed E-state index contributed by atoms with van der Waals surface area (Å²) in [6.07, 6.45) is 3.97. The number of rotatable bonds is 3. The van der Waals surface area contributed by atoms with E-state index in [1.807, 2.05) is 29.2 Å². The summed E-state index contributed by atoms with van der Waals surface area (Å²) in [5, 5.41) is 3.33. The summed E-state index contributed by atoms with van der Waals surface area (Å²) in [4.78, 5) is 18.8. The van der Waals surface area contributed by atoms with E-state index >= 15 is 0 Å². The van der Waals surface area contributed by atoms with Gasteiger partial charge in [-0.05, 0) is 49.9 Å². The molecule has 1 saturated heterocycles. The molecule has 0 aliphatic carbocycles. The number of anilines is 2. The Morgan fingerprint density at radius 1 is 1.22 bits per heavy atom. The molecule has 1 atom stereocenters. The summed E-state index contributed by atoms with van der Waals surface area (Å²) in [6.45, 7) is 5.92. The first-order valence-corrected chi connectivity index (χ1v) is 8.21. The fourth-order valence-electron chi connectivity index (χ4n) is 2.96. The van der Waals surface area contributed by atoms with Gasteiger partial charge < -0.3 is 10.2 Å². The molecule has 1 N–H and O–H groups in total. The van der Waals surface area contributed by atoms with Crippen molar-refractivity contribution in [2.45, 2.75) is 26.7 Å². The molecule has 0 saturated carbocycles. The van der Waals surface area contributed by atoms with Crippen molar-refractivity contribution in [1.29, 1.82) is 0 Å². The van der Waals surface area contributed by atoms with Crippen LogP contribution in [-0.2, 0) is 0 Å². The van der Waals surface area contributed by atoms with Crippen LogP contribution in [0.3, 0.4) is 0 Å². The van der Waals surface area contributed by atoms with E-state index in [0.29, 0.717) is 11.6 Å². The first kappa shape index (κ1) is 15.5. The Hall–Kier alpha value is -2.36. The van der Waals surface area contributed by atoms with Crippen molar-refractivity contribution in [2.24, 2.45) is 5.92 Å². The van der Waals surface area contributed by atoms with Gasteiger partial charge in [-0.25, -0.2) is 0 Å². The van der Waals surface area contributed by atoms with Gasteiger partial charge in [0.05, 0.1) is 0 Å². The Balaban J connectivity index is 1.74. The van der Waals surface area contributed by atoms with Crippen LogP contribution in [0.15, 0.2) is 42.6 Å². The lowest BCUT2D eigenvalue weighted by molar-refractivity contribution is 0.0677. The van der Waals surface area contributed by atoms with Crippen LogP contribution in [0.25, 0.3) is 0 Å². The Bertz CT molecular complexity index is 681. The molecule has 1 amide bonds. The SMILES string of the molecule is Cc1ccc(Nc2ccnc(C(=O)N3CCCC(C)C3)c2)cc1. The van der Waals surface area contributed by atoms with E-state index < -0.39 is 0 Å². The maximum atomic E-state index is 12.6. The molecule has 4 heteroatoms. The van der Waals surface area contributed by atoms with Gasteiger partial charge in [-0.3, -0.25) is 9.78 Å². The van der Waals surface area contributed by atoms with Crippen molar-refractivity contribution >= 4 is 17.3 Å². The molecule has 3 rings (SSSR count). The Labute approximate surface area is 137 Å². The van der Waals surface area contributed by atoms with E-state index in [1.165, 1.54) is 12.0 Å². The number of benzene rings is 1. The van der Waals surface area contributed by atoms with E-state index in [2.05, 4.69) is 36.3 Å². The van der Waals surface area contributed by atoms with E-state index in [-0.39, 0.29) is 5.91 Å². The number of aryl methyl sites for hydroxylation is 1. The van der Waals surface area contributed by atoms with Crippen LogP contribution in [0.5, 0.6) is 0 Å². The second-order valence-electron chi connectivity index (χ2n) is 6.42. The molecule has 0 spiro atoms. The van der Waals surface area contributed by atoms with Gasteiger partial charge in [-0.2, -0.15) is 0 Å². The lowest BCUT2D eigenvalue weighted by Crippen LogP contribution is -2.39. The quantitative estimate of drug-likeness (QED) is 0.932. The van der Waals surface area contributed by atoms with Gasteiger partial charge in [0, 0.05) is 30.7 Å². The largest absolute Gasteiger partial charge is 0.355 e. The molecule has 1 aromatic carbocycles. The van der Waals surface area contributed by atoms with Crippen molar-refractivity contribution in [3.8, 4) is 0 Å². The van der Waals surface area contributed by atoms with Crippen LogP contribution in [0, 0.1) is 12.8 Å². The number of carbonyl (C=O) groups is 1. The summed E-state index contributed by atoms with van der Waals surface area (Å²) in [5.41, 5.74) is 3.63. The highest BCUT2D eigenvalue weighted by Gasteiger charge is 2.22. The highest BCUT2D eigenvalue weighted by atomic mass is 16.2. The smallest absolute Gasteiger partial charge is 0.272 e. The predicted octanol–water partition coefficient (Wildman–Crippen LogP) is 4.01. The van der Waals surface area contributed by atoms with Crippen LogP contribution in [0.1, 0.15) is 35.8 Å². The minimum absolute atomic E-state index is 0.0316. The summed E-state index contributed by atoms with van der Waals surface area (Å²) < 4.78 is 0. The van der Waals surface area contributed by atoms with E-state index in [0.717, 1.165) is 30.9 Å². The molecule has 1 aliphatic rings. The minimum atomic E-state index is 0.0316. The fraction of sp³-hybridized carbons (Fsp3) is 0.368. The maximum absolute atomic E-state index is 12.6. The molecular formula is C19H23N3O. The molecule has 4 nitrogen and oxygen atoms in total. The van der Waals surface area contributed by atoms with Crippen LogP contribution >= 0.6 is 0 Å². The first-order valence-electron chi connectivity index (χ1n) is 8.21. The predicted molar refractivity (Wildman–Crippen MR) is 93.0 cm³/mol. The van der Waals surface area contributed by atoms with Crippen LogP contribution < -0.4 is 5.32 Å². The summed E-state index contributed by atoms with van der Waals surface area (Å²) in [5.74, 6) is 0.602. The number of aromatic nitrogens is 1. The van der Waals surface area contributed by atoms with Gasteiger partial charge >= 0.3 is 0 Å². The fourth-order valence-corrected chi connectivity index (χ4v) is 2.96. The number of hydrogen-bond acceptors (Lipinski definition) is 3. The van der Waals surface area contributed by atoms with E-state index in [9.17, 15) is 4.79 Å². The number of piperidine rings is 1. The van der Waals surface area contributed by atoms with Gasteiger partial charge in [-0.15, -0.1) is 0 Å². The van der Waals surface area contributed by atoms with Crippen molar-refractivity contribution in [3.05, 3.63) is 53.9 Å². The third-order valence-corrected chi connectivity index (χ3v) is 4.26. The Morgan fingerprint density at radius 2 is 2.00 bits per heavy atom. The molecule has 120 valence electrons. The van der Waals surface area contributed by atoms with Gasteiger partial charge in [0.2, 0.25) is 0 Å². The second-order valence-corrected chi connectivity index (χ2v) is 6.42. The lowest BCUT2D eigenvalue weighted by atomic mass is 10.00. The highest BCUT2D eigenvalue weighted by Crippen LogP contribution is 2.20. The molecule has 2 heterocycles. The van der Waals surface area contributed by atoms with Crippen LogP contribution in [-0.4, -0.2) is 28.9 Å². The number of nitrogens with zero attached hydrogens (tertiary/aromatic N) is 2. The van der Waals surface area contributed by atoms with Crippen LogP contribution in [0.2, 0.25) is 0 Å². The van der Waals surface area contributed by atoms with E-state index in [1.54, 1.807) is 6.20 Å².